The number of hydrogen-bond donors (Lipinski definition) is 3. The van der Waals surface area contributed by atoms with Crippen molar-refractivity contribution in [3.8, 4) is 0 Å². The molecule has 9 heteroatoms. The average Bonchev–Trinajstić information content (AvgIpc) is 3.15. The number of thioether (sulfide) groups is 1. The van der Waals surface area contributed by atoms with Crippen molar-refractivity contribution >= 4 is 52.9 Å². The van der Waals surface area contributed by atoms with Crippen molar-refractivity contribution in [2.75, 3.05) is 17.2 Å². The first-order chi connectivity index (χ1) is 24.7. The summed E-state index contributed by atoms with van der Waals surface area (Å²) >= 11 is 1.36. The summed E-state index contributed by atoms with van der Waals surface area (Å²) in [5, 5.41) is 8.03. The molecule has 51 heavy (non-hydrogen) atoms. The quantitative estimate of drug-likeness (QED) is 0.0644. The molecule has 0 heterocycles. The van der Waals surface area contributed by atoms with Gasteiger partial charge < -0.3 is 20.7 Å². The van der Waals surface area contributed by atoms with Crippen molar-refractivity contribution < 1.29 is 23.9 Å². The van der Waals surface area contributed by atoms with Crippen molar-refractivity contribution in [1.82, 2.24) is 5.32 Å². The average molecular weight is 698 g/mol. The van der Waals surface area contributed by atoms with Crippen LogP contribution in [-0.2, 0) is 14.3 Å². The molecule has 0 bridgehead atoms. The van der Waals surface area contributed by atoms with Crippen LogP contribution in [0.5, 0.6) is 0 Å². The number of amides is 3. The Labute approximate surface area is 302 Å². The summed E-state index contributed by atoms with van der Waals surface area (Å²) in [6.07, 6.45) is 1.65. The van der Waals surface area contributed by atoms with Gasteiger partial charge in [0.05, 0.1) is 12.2 Å². The van der Waals surface area contributed by atoms with E-state index in [-0.39, 0.29) is 18.2 Å². The molecule has 0 aliphatic carbocycles. The van der Waals surface area contributed by atoms with Gasteiger partial charge in [0.25, 0.3) is 11.8 Å². The van der Waals surface area contributed by atoms with E-state index in [1.54, 1.807) is 73.7 Å². The molecule has 8 nitrogen and oxygen atoms in total. The molecule has 0 saturated heterocycles. The van der Waals surface area contributed by atoms with Crippen LogP contribution in [0.4, 0.5) is 11.4 Å². The van der Waals surface area contributed by atoms with Crippen LogP contribution in [0.3, 0.4) is 0 Å². The fourth-order valence-electron chi connectivity index (χ4n) is 5.05. The van der Waals surface area contributed by atoms with E-state index in [0.717, 1.165) is 16.0 Å². The number of benzene rings is 5. The Morgan fingerprint density at radius 3 is 1.86 bits per heavy atom. The first-order valence-corrected chi connectivity index (χ1v) is 17.5. The highest BCUT2D eigenvalue weighted by molar-refractivity contribution is 8.00. The van der Waals surface area contributed by atoms with Crippen molar-refractivity contribution in [3.05, 3.63) is 167 Å². The van der Waals surface area contributed by atoms with E-state index >= 15 is 0 Å². The molecular formula is C42H39N3O5S. The number of carbonyl (C=O) groups is 4. The zero-order valence-electron chi connectivity index (χ0n) is 28.6. The molecule has 258 valence electrons. The van der Waals surface area contributed by atoms with E-state index in [4.69, 9.17) is 4.74 Å². The molecule has 5 aromatic rings. The van der Waals surface area contributed by atoms with Crippen LogP contribution < -0.4 is 16.0 Å². The summed E-state index contributed by atoms with van der Waals surface area (Å²) in [6.45, 7) is 6.24. The van der Waals surface area contributed by atoms with Gasteiger partial charge in [0.1, 0.15) is 10.9 Å². The monoisotopic (exact) mass is 697 g/mol. The van der Waals surface area contributed by atoms with E-state index < -0.39 is 23.0 Å². The molecule has 0 aromatic heterocycles. The van der Waals surface area contributed by atoms with Crippen LogP contribution in [0, 0.1) is 0 Å². The minimum Gasteiger partial charge on any atom is -0.462 e. The third-order valence-corrected chi connectivity index (χ3v) is 9.08. The molecule has 0 spiro atoms. The van der Waals surface area contributed by atoms with E-state index in [1.807, 2.05) is 72.8 Å². The second kappa shape index (κ2) is 17.6. The van der Waals surface area contributed by atoms with Gasteiger partial charge in [-0.1, -0.05) is 86.6 Å². The van der Waals surface area contributed by atoms with E-state index in [2.05, 4.69) is 29.8 Å². The molecule has 3 N–H and O–H groups in total. The van der Waals surface area contributed by atoms with Gasteiger partial charge in [-0.3, -0.25) is 14.4 Å². The van der Waals surface area contributed by atoms with Gasteiger partial charge in [-0.05, 0) is 96.3 Å². The summed E-state index contributed by atoms with van der Waals surface area (Å²) in [4.78, 5) is 53.1. The smallest absolute Gasteiger partial charge is 0.338 e. The maximum absolute atomic E-state index is 13.6. The van der Waals surface area contributed by atoms with E-state index in [1.165, 1.54) is 17.3 Å². The maximum atomic E-state index is 13.6. The van der Waals surface area contributed by atoms with Crippen LogP contribution in [0.25, 0.3) is 6.08 Å². The molecule has 0 fully saturated rings. The summed E-state index contributed by atoms with van der Waals surface area (Å²) in [6, 6.07) is 39.7. The van der Waals surface area contributed by atoms with Crippen molar-refractivity contribution in [2.24, 2.45) is 0 Å². The first-order valence-electron chi connectivity index (χ1n) is 16.6. The highest BCUT2D eigenvalue weighted by atomic mass is 32.2. The van der Waals surface area contributed by atoms with Crippen LogP contribution >= 0.6 is 11.8 Å². The van der Waals surface area contributed by atoms with Crippen molar-refractivity contribution in [1.29, 1.82) is 0 Å². The lowest BCUT2D eigenvalue weighted by Crippen LogP contribution is -2.30. The second-order valence-corrected chi connectivity index (χ2v) is 13.1. The Kier molecular flexibility index (Phi) is 12.6. The Morgan fingerprint density at radius 1 is 0.667 bits per heavy atom. The lowest BCUT2D eigenvalue weighted by molar-refractivity contribution is -0.116. The highest BCUT2D eigenvalue weighted by Crippen LogP contribution is 2.37. The summed E-state index contributed by atoms with van der Waals surface area (Å²) in [7, 11) is 0. The first kappa shape index (κ1) is 36.4. The number of ether oxygens (including phenoxy) is 1. The van der Waals surface area contributed by atoms with E-state index in [9.17, 15) is 19.2 Å². The lowest BCUT2D eigenvalue weighted by atomic mass is 10.0. The van der Waals surface area contributed by atoms with Gasteiger partial charge in [-0.25, -0.2) is 4.79 Å². The number of hydrogen-bond acceptors (Lipinski definition) is 6. The van der Waals surface area contributed by atoms with Gasteiger partial charge in [-0.15, -0.1) is 11.8 Å². The predicted octanol–water partition coefficient (Wildman–Crippen LogP) is 8.87. The minimum absolute atomic E-state index is 0.0932. The minimum atomic E-state index is -0.596. The molecule has 0 radical (unpaired) electrons. The molecule has 5 rings (SSSR count). The van der Waals surface area contributed by atoms with Crippen LogP contribution in [0.2, 0.25) is 0 Å². The molecule has 1 unspecified atom stereocenters. The van der Waals surface area contributed by atoms with Gasteiger partial charge in [0, 0.05) is 21.8 Å². The van der Waals surface area contributed by atoms with Crippen molar-refractivity contribution in [3.63, 3.8) is 0 Å². The Balaban J connectivity index is 1.31. The van der Waals surface area contributed by atoms with Gasteiger partial charge in [0.2, 0.25) is 5.91 Å². The Bertz CT molecular complexity index is 1980. The third kappa shape index (κ3) is 10.3. The standard InChI is InChI=1S/C42H39N3O5S/c1-4-50-42(49)33-19-21-34(22-20-33)44-41(48)38(31-11-7-5-8-12-31)51-36-25-23-35(24-26-36)43-40(47)37(45-39(46)32-13-9-6-10-14-32)27-29-15-17-30(18-16-29)28(2)3/h5-28,38H,4H2,1-3H3,(H,43,47)(H,44,48)(H,45,46)/b37-27-. The largest absolute Gasteiger partial charge is 0.462 e. The van der Waals surface area contributed by atoms with Crippen molar-refractivity contribution in [2.45, 2.75) is 36.8 Å². The fourth-order valence-corrected chi connectivity index (χ4v) is 6.07. The number of nitrogens with one attached hydrogen (secondary N) is 3. The summed E-state index contributed by atoms with van der Waals surface area (Å²) in [5.41, 5.74) is 4.73. The predicted molar refractivity (Wildman–Crippen MR) is 204 cm³/mol. The molecule has 0 saturated carbocycles. The summed E-state index contributed by atoms with van der Waals surface area (Å²) < 4.78 is 5.05. The van der Waals surface area contributed by atoms with E-state index in [0.29, 0.717) is 28.4 Å². The fraction of sp³-hybridized carbons (Fsp3) is 0.143. The normalized spacial score (nSPS) is 11.7. The third-order valence-electron chi connectivity index (χ3n) is 7.81. The maximum Gasteiger partial charge on any atom is 0.338 e. The Hall–Kier alpha value is -5.93. The highest BCUT2D eigenvalue weighted by Gasteiger charge is 2.23. The lowest BCUT2D eigenvalue weighted by Gasteiger charge is -2.18. The number of carbonyl (C=O) groups excluding carboxylic acids is 4. The molecule has 3 amide bonds. The molecule has 1 atom stereocenters. The van der Waals surface area contributed by atoms with Crippen LogP contribution in [-0.4, -0.2) is 30.3 Å². The second-order valence-electron chi connectivity index (χ2n) is 11.9. The topological polar surface area (TPSA) is 114 Å². The van der Waals surface area contributed by atoms with Crippen LogP contribution in [0.15, 0.2) is 144 Å². The molecule has 0 aliphatic heterocycles. The summed E-state index contributed by atoms with van der Waals surface area (Å²) in [5.74, 6) is -1.18. The number of rotatable bonds is 13. The number of esters is 1. The van der Waals surface area contributed by atoms with Gasteiger partial charge in [0.15, 0.2) is 0 Å². The zero-order valence-corrected chi connectivity index (χ0v) is 29.4. The Morgan fingerprint density at radius 2 is 1.25 bits per heavy atom. The van der Waals surface area contributed by atoms with Gasteiger partial charge >= 0.3 is 5.97 Å². The number of anilines is 2. The van der Waals surface area contributed by atoms with Gasteiger partial charge in [-0.2, -0.15) is 0 Å². The molecule has 0 aliphatic rings. The molecular weight excluding hydrogens is 659 g/mol. The van der Waals surface area contributed by atoms with Crippen LogP contribution in [0.1, 0.15) is 69.3 Å². The molecule has 5 aromatic carbocycles. The zero-order chi connectivity index (χ0) is 36.2. The SMILES string of the molecule is CCOC(=O)c1ccc(NC(=O)C(Sc2ccc(NC(=O)/C(=C/c3ccc(C(C)C)cc3)NC(=O)c3ccccc3)cc2)c2ccccc2)cc1.